The van der Waals surface area contributed by atoms with Gasteiger partial charge in [-0.05, 0) is 30.0 Å². The summed E-state index contributed by atoms with van der Waals surface area (Å²) in [5, 5.41) is 10.3. The molecule has 6 nitrogen and oxygen atoms in total. The monoisotopic (exact) mass is 351 g/mol. The highest BCUT2D eigenvalue weighted by atomic mass is 16.5. The second-order valence-electron chi connectivity index (χ2n) is 6.06. The summed E-state index contributed by atoms with van der Waals surface area (Å²) in [4.78, 5) is 16.1. The van der Waals surface area contributed by atoms with Gasteiger partial charge in [0, 0.05) is 18.7 Å². The smallest absolute Gasteiger partial charge is 0.254 e. The first-order chi connectivity index (χ1) is 12.5. The average Bonchev–Trinajstić information content (AvgIpc) is 2.64. The molecule has 0 amide bonds. The summed E-state index contributed by atoms with van der Waals surface area (Å²) >= 11 is 0. The molecule has 134 valence electrons. The van der Waals surface area contributed by atoms with E-state index in [9.17, 15) is 9.90 Å². The molecule has 0 aliphatic rings. The number of benzene rings is 2. The first kappa shape index (κ1) is 17.5. The summed E-state index contributed by atoms with van der Waals surface area (Å²) in [6, 6.07) is 14.8. The van der Waals surface area contributed by atoms with Gasteiger partial charge < -0.3 is 15.6 Å². The maximum absolute atomic E-state index is 11.8. The van der Waals surface area contributed by atoms with E-state index in [4.69, 9.17) is 10.5 Å². The molecule has 0 spiro atoms. The van der Waals surface area contributed by atoms with E-state index in [-0.39, 0.29) is 17.3 Å². The van der Waals surface area contributed by atoms with E-state index in [0.29, 0.717) is 29.8 Å². The number of hydrogen-bond acceptors (Lipinski definition) is 5. The Bertz CT molecular complexity index is 996. The van der Waals surface area contributed by atoms with E-state index in [1.807, 2.05) is 36.4 Å². The highest BCUT2D eigenvalue weighted by Gasteiger charge is 2.10. The summed E-state index contributed by atoms with van der Waals surface area (Å²) < 4.78 is 6.49. The van der Waals surface area contributed by atoms with Crippen LogP contribution in [0.3, 0.4) is 0 Å². The number of anilines is 1. The van der Waals surface area contributed by atoms with Crippen LogP contribution in [0.1, 0.15) is 11.3 Å². The first-order valence-electron chi connectivity index (χ1n) is 8.27. The van der Waals surface area contributed by atoms with Crippen LogP contribution in [-0.4, -0.2) is 21.8 Å². The Balaban J connectivity index is 1.83. The predicted molar refractivity (Wildman–Crippen MR) is 101 cm³/mol. The molecule has 0 bridgehead atoms. The number of phenols is 1. The number of rotatable bonds is 5. The Morgan fingerprint density at radius 3 is 2.65 bits per heavy atom. The van der Waals surface area contributed by atoms with E-state index in [2.05, 4.69) is 4.98 Å². The van der Waals surface area contributed by atoms with Gasteiger partial charge in [0.1, 0.15) is 0 Å². The van der Waals surface area contributed by atoms with Gasteiger partial charge in [-0.1, -0.05) is 36.4 Å². The summed E-state index contributed by atoms with van der Waals surface area (Å²) in [7, 11) is 3.12. The molecule has 0 radical (unpaired) electrons. The Labute approximate surface area is 151 Å². The normalized spacial score (nSPS) is 10.7. The summed E-state index contributed by atoms with van der Waals surface area (Å²) in [5.41, 5.74) is 8.93. The number of phenolic OH excluding ortho intramolecular Hbond substituents is 1. The van der Waals surface area contributed by atoms with Crippen LogP contribution in [0.4, 0.5) is 5.95 Å². The number of aromatic hydroxyl groups is 1. The molecule has 3 N–H and O–H groups in total. The van der Waals surface area contributed by atoms with Gasteiger partial charge in [0.05, 0.1) is 12.8 Å². The number of hydrogen-bond donors (Lipinski definition) is 2. The fourth-order valence-corrected chi connectivity index (χ4v) is 2.82. The second-order valence-corrected chi connectivity index (χ2v) is 6.06. The Hall–Kier alpha value is -3.28. The standard InChI is InChI=1S/C20H21N3O3/c1-23-18(24)12-15(22-20(23)21)10-9-13-5-3-6-14(11-13)16-7-4-8-17(26-2)19(16)25/h3-8,11-12,25H,9-10H2,1-2H3,(H2,21,22). The van der Waals surface area contributed by atoms with Crippen molar-refractivity contribution in [2.45, 2.75) is 12.8 Å². The lowest BCUT2D eigenvalue weighted by atomic mass is 9.99. The van der Waals surface area contributed by atoms with Crippen LogP contribution in [0.15, 0.2) is 53.3 Å². The van der Waals surface area contributed by atoms with Crippen LogP contribution in [0.5, 0.6) is 11.5 Å². The van der Waals surface area contributed by atoms with Crippen LogP contribution >= 0.6 is 0 Å². The molecule has 0 saturated carbocycles. The zero-order chi connectivity index (χ0) is 18.7. The van der Waals surface area contributed by atoms with E-state index in [1.165, 1.54) is 17.7 Å². The lowest BCUT2D eigenvalue weighted by Gasteiger charge is -2.10. The number of aromatic nitrogens is 2. The molecular formula is C20H21N3O3. The van der Waals surface area contributed by atoms with Crippen molar-refractivity contribution in [2.24, 2.45) is 7.05 Å². The number of nitrogens with two attached hydrogens (primary N) is 1. The van der Waals surface area contributed by atoms with Crippen LogP contribution in [0, 0.1) is 0 Å². The molecule has 1 aromatic heterocycles. The third kappa shape index (κ3) is 3.54. The van der Waals surface area contributed by atoms with Crippen molar-refractivity contribution in [3.8, 4) is 22.6 Å². The first-order valence-corrected chi connectivity index (χ1v) is 8.27. The van der Waals surface area contributed by atoms with E-state index in [0.717, 1.165) is 11.1 Å². The van der Waals surface area contributed by atoms with Gasteiger partial charge in [-0.3, -0.25) is 9.36 Å². The van der Waals surface area contributed by atoms with Gasteiger partial charge in [-0.2, -0.15) is 0 Å². The van der Waals surface area contributed by atoms with Crippen molar-refractivity contribution in [2.75, 3.05) is 12.8 Å². The van der Waals surface area contributed by atoms with Crippen molar-refractivity contribution in [3.63, 3.8) is 0 Å². The maximum atomic E-state index is 11.8. The molecule has 0 aliphatic carbocycles. The molecule has 2 aromatic carbocycles. The molecule has 0 atom stereocenters. The van der Waals surface area contributed by atoms with Crippen LogP contribution in [-0.2, 0) is 19.9 Å². The van der Waals surface area contributed by atoms with Crippen molar-refractivity contribution in [1.29, 1.82) is 0 Å². The third-order valence-electron chi connectivity index (χ3n) is 4.35. The number of nitrogens with zero attached hydrogens (tertiary/aromatic N) is 2. The largest absolute Gasteiger partial charge is 0.504 e. The lowest BCUT2D eigenvalue weighted by molar-refractivity contribution is 0.374. The number of para-hydroxylation sites is 1. The minimum atomic E-state index is -0.164. The molecule has 3 rings (SSSR count). The average molecular weight is 351 g/mol. The molecule has 0 aliphatic heterocycles. The zero-order valence-electron chi connectivity index (χ0n) is 14.8. The van der Waals surface area contributed by atoms with Crippen molar-refractivity contribution >= 4 is 5.95 Å². The molecule has 3 aromatic rings. The quantitative estimate of drug-likeness (QED) is 0.737. The molecule has 0 unspecified atom stereocenters. The Morgan fingerprint density at radius 1 is 1.15 bits per heavy atom. The van der Waals surface area contributed by atoms with Crippen molar-refractivity contribution in [1.82, 2.24) is 9.55 Å². The molecule has 1 heterocycles. The van der Waals surface area contributed by atoms with Gasteiger partial charge in [0.2, 0.25) is 5.95 Å². The maximum Gasteiger partial charge on any atom is 0.254 e. The Morgan fingerprint density at radius 2 is 1.92 bits per heavy atom. The van der Waals surface area contributed by atoms with Crippen LogP contribution < -0.4 is 16.0 Å². The zero-order valence-corrected chi connectivity index (χ0v) is 14.8. The topological polar surface area (TPSA) is 90.4 Å². The summed E-state index contributed by atoms with van der Waals surface area (Å²) in [6.45, 7) is 0. The highest BCUT2D eigenvalue weighted by Crippen LogP contribution is 2.36. The number of methoxy groups -OCH3 is 1. The summed E-state index contributed by atoms with van der Waals surface area (Å²) in [6.07, 6.45) is 1.31. The SMILES string of the molecule is COc1cccc(-c2cccc(CCc3cc(=O)n(C)c(N)n3)c2)c1O. The van der Waals surface area contributed by atoms with Crippen molar-refractivity contribution in [3.05, 3.63) is 70.1 Å². The predicted octanol–water partition coefficient (Wildman–Crippen LogP) is 2.53. The molecule has 0 saturated heterocycles. The van der Waals surface area contributed by atoms with Crippen LogP contribution in [0.25, 0.3) is 11.1 Å². The van der Waals surface area contributed by atoms with Crippen molar-refractivity contribution < 1.29 is 9.84 Å². The number of ether oxygens (including phenoxy) is 1. The van der Waals surface area contributed by atoms with Crippen LogP contribution in [0.2, 0.25) is 0 Å². The summed E-state index contributed by atoms with van der Waals surface area (Å²) in [5.74, 6) is 0.767. The Kier molecular flexibility index (Phi) is 4.93. The number of nitrogen functional groups attached to an aromatic ring is 1. The van der Waals surface area contributed by atoms with Gasteiger partial charge in [0.15, 0.2) is 11.5 Å². The molecular weight excluding hydrogens is 330 g/mol. The van der Waals surface area contributed by atoms with Gasteiger partial charge in [-0.25, -0.2) is 4.98 Å². The number of aryl methyl sites for hydroxylation is 2. The van der Waals surface area contributed by atoms with E-state index >= 15 is 0 Å². The molecule has 26 heavy (non-hydrogen) atoms. The van der Waals surface area contributed by atoms with Gasteiger partial charge >= 0.3 is 0 Å². The molecule has 6 heteroatoms. The van der Waals surface area contributed by atoms with Gasteiger partial charge in [-0.15, -0.1) is 0 Å². The fourth-order valence-electron chi connectivity index (χ4n) is 2.82. The fraction of sp³-hybridized carbons (Fsp3) is 0.200. The third-order valence-corrected chi connectivity index (χ3v) is 4.35. The molecule has 0 fully saturated rings. The minimum Gasteiger partial charge on any atom is -0.504 e. The van der Waals surface area contributed by atoms with E-state index < -0.39 is 0 Å². The van der Waals surface area contributed by atoms with E-state index in [1.54, 1.807) is 13.1 Å². The second kappa shape index (κ2) is 7.31. The van der Waals surface area contributed by atoms with Gasteiger partial charge in [0.25, 0.3) is 5.56 Å². The highest BCUT2D eigenvalue weighted by molar-refractivity contribution is 5.73. The minimum absolute atomic E-state index is 0.119. The lowest BCUT2D eigenvalue weighted by Crippen LogP contribution is -2.21.